The second-order valence-corrected chi connectivity index (χ2v) is 8.55. The van der Waals surface area contributed by atoms with Gasteiger partial charge in [0, 0.05) is 12.1 Å². The Morgan fingerprint density at radius 2 is 1.86 bits per heavy atom. The molecule has 1 aliphatic rings. The van der Waals surface area contributed by atoms with Gasteiger partial charge in [0.2, 0.25) is 0 Å². The Hall–Kier alpha value is -2.09. The van der Waals surface area contributed by atoms with Gasteiger partial charge in [-0.15, -0.1) is 12.4 Å². The van der Waals surface area contributed by atoms with Crippen LogP contribution in [0.3, 0.4) is 0 Å². The molecule has 0 bridgehead atoms. The van der Waals surface area contributed by atoms with Crippen molar-refractivity contribution in [2.24, 2.45) is 5.92 Å². The largest absolute Gasteiger partial charge is 0.352 e. The summed E-state index contributed by atoms with van der Waals surface area (Å²) in [5.74, 6) is 0.261. The second-order valence-electron chi connectivity index (χ2n) is 6.87. The van der Waals surface area contributed by atoms with Crippen LogP contribution in [0.25, 0.3) is 0 Å². The molecule has 0 saturated carbocycles. The van der Waals surface area contributed by atoms with Crippen LogP contribution in [0.1, 0.15) is 28.8 Å². The molecule has 1 saturated heterocycles. The minimum atomic E-state index is -3.70. The zero-order valence-corrected chi connectivity index (χ0v) is 17.4. The molecule has 1 amide bonds. The number of hydrogen-bond donors (Lipinski definition) is 3. The van der Waals surface area contributed by atoms with Gasteiger partial charge in [-0.25, -0.2) is 8.42 Å². The fourth-order valence-electron chi connectivity index (χ4n) is 3.11. The van der Waals surface area contributed by atoms with E-state index in [4.69, 9.17) is 0 Å². The van der Waals surface area contributed by atoms with Crippen molar-refractivity contribution in [3.8, 4) is 0 Å². The zero-order chi connectivity index (χ0) is 19.3. The SMILES string of the molecule is Cc1ccccc1NS(=O)(=O)c1ccc(C(=O)NCC2CCCNC2)cc1.Cl. The number of sulfonamides is 1. The summed E-state index contributed by atoms with van der Waals surface area (Å²) >= 11 is 0. The normalized spacial score (nSPS) is 16.7. The Bertz CT molecular complexity index is 895. The summed E-state index contributed by atoms with van der Waals surface area (Å²) < 4.78 is 27.7. The molecule has 1 heterocycles. The molecule has 8 heteroatoms. The maximum Gasteiger partial charge on any atom is 0.261 e. The van der Waals surface area contributed by atoms with Crippen LogP contribution in [-0.2, 0) is 10.0 Å². The predicted molar refractivity (Wildman–Crippen MR) is 114 cm³/mol. The molecule has 1 atom stereocenters. The number of carbonyl (C=O) groups excluding carboxylic acids is 1. The highest BCUT2D eigenvalue weighted by molar-refractivity contribution is 7.92. The smallest absolute Gasteiger partial charge is 0.261 e. The fraction of sp³-hybridized carbons (Fsp3) is 0.350. The first kappa shape index (κ1) is 22.2. The van der Waals surface area contributed by atoms with Gasteiger partial charge in [0.05, 0.1) is 10.6 Å². The van der Waals surface area contributed by atoms with Gasteiger partial charge in [-0.1, -0.05) is 18.2 Å². The number of piperidine rings is 1. The summed E-state index contributed by atoms with van der Waals surface area (Å²) in [4.78, 5) is 12.4. The minimum absolute atomic E-state index is 0. The van der Waals surface area contributed by atoms with Crippen molar-refractivity contribution in [2.45, 2.75) is 24.7 Å². The quantitative estimate of drug-likeness (QED) is 0.666. The van der Waals surface area contributed by atoms with Crippen molar-refractivity contribution in [1.29, 1.82) is 0 Å². The third-order valence-corrected chi connectivity index (χ3v) is 6.15. The summed E-state index contributed by atoms with van der Waals surface area (Å²) in [6.07, 6.45) is 2.23. The number of nitrogens with one attached hydrogen (secondary N) is 3. The number of hydrogen-bond acceptors (Lipinski definition) is 4. The molecule has 3 rings (SSSR count). The van der Waals surface area contributed by atoms with Crippen molar-refractivity contribution in [3.63, 3.8) is 0 Å². The topological polar surface area (TPSA) is 87.3 Å². The molecule has 0 aromatic heterocycles. The van der Waals surface area contributed by atoms with Gasteiger partial charge in [-0.2, -0.15) is 0 Å². The van der Waals surface area contributed by atoms with E-state index in [1.807, 2.05) is 19.1 Å². The van der Waals surface area contributed by atoms with Crippen molar-refractivity contribution in [3.05, 3.63) is 59.7 Å². The van der Waals surface area contributed by atoms with E-state index in [0.717, 1.165) is 31.5 Å². The molecule has 1 fully saturated rings. The van der Waals surface area contributed by atoms with Crippen LogP contribution >= 0.6 is 12.4 Å². The molecule has 1 aliphatic heterocycles. The summed E-state index contributed by atoms with van der Waals surface area (Å²) in [5.41, 5.74) is 1.84. The molecule has 6 nitrogen and oxygen atoms in total. The molecule has 152 valence electrons. The fourth-order valence-corrected chi connectivity index (χ4v) is 4.24. The van der Waals surface area contributed by atoms with Crippen LogP contribution < -0.4 is 15.4 Å². The highest BCUT2D eigenvalue weighted by atomic mass is 35.5. The van der Waals surface area contributed by atoms with E-state index in [9.17, 15) is 13.2 Å². The highest BCUT2D eigenvalue weighted by Crippen LogP contribution is 2.19. The Morgan fingerprint density at radius 3 is 2.50 bits per heavy atom. The average molecular weight is 424 g/mol. The van der Waals surface area contributed by atoms with E-state index in [-0.39, 0.29) is 23.2 Å². The Morgan fingerprint density at radius 1 is 1.14 bits per heavy atom. The first-order valence-electron chi connectivity index (χ1n) is 9.13. The van der Waals surface area contributed by atoms with E-state index >= 15 is 0 Å². The molecule has 2 aromatic carbocycles. The van der Waals surface area contributed by atoms with Crippen molar-refractivity contribution < 1.29 is 13.2 Å². The average Bonchev–Trinajstić information content (AvgIpc) is 2.69. The van der Waals surface area contributed by atoms with Crippen LogP contribution in [0.2, 0.25) is 0 Å². The van der Waals surface area contributed by atoms with Crippen molar-refractivity contribution in [1.82, 2.24) is 10.6 Å². The van der Waals surface area contributed by atoms with Crippen LogP contribution in [0.5, 0.6) is 0 Å². The maximum atomic E-state index is 12.5. The lowest BCUT2D eigenvalue weighted by Crippen LogP contribution is -2.38. The van der Waals surface area contributed by atoms with Gasteiger partial charge in [-0.05, 0) is 74.7 Å². The Balaban J connectivity index is 0.00000280. The van der Waals surface area contributed by atoms with E-state index in [1.165, 1.54) is 12.1 Å². The van der Waals surface area contributed by atoms with E-state index in [1.54, 1.807) is 24.3 Å². The van der Waals surface area contributed by atoms with Crippen LogP contribution in [0.4, 0.5) is 5.69 Å². The highest BCUT2D eigenvalue weighted by Gasteiger charge is 2.17. The van der Waals surface area contributed by atoms with Crippen molar-refractivity contribution >= 4 is 34.0 Å². The van der Waals surface area contributed by atoms with Gasteiger partial charge in [0.25, 0.3) is 15.9 Å². The first-order chi connectivity index (χ1) is 13.0. The van der Waals surface area contributed by atoms with Gasteiger partial charge < -0.3 is 10.6 Å². The number of halogens is 1. The van der Waals surface area contributed by atoms with Gasteiger partial charge in [0.1, 0.15) is 0 Å². The molecular formula is C20H26ClN3O3S. The summed E-state index contributed by atoms with van der Waals surface area (Å²) in [6.45, 7) is 4.42. The number of anilines is 1. The van der Waals surface area contributed by atoms with Gasteiger partial charge in [-0.3, -0.25) is 9.52 Å². The summed E-state index contributed by atoms with van der Waals surface area (Å²) in [7, 11) is -3.70. The van der Waals surface area contributed by atoms with E-state index < -0.39 is 10.0 Å². The van der Waals surface area contributed by atoms with Crippen LogP contribution in [0, 0.1) is 12.8 Å². The first-order valence-corrected chi connectivity index (χ1v) is 10.6. The summed E-state index contributed by atoms with van der Waals surface area (Å²) in [5, 5.41) is 6.25. The lowest BCUT2D eigenvalue weighted by atomic mass is 10.00. The Kier molecular flexibility index (Phi) is 7.86. The summed E-state index contributed by atoms with van der Waals surface area (Å²) in [6, 6.07) is 13.2. The molecular weight excluding hydrogens is 398 g/mol. The number of amides is 1. The molecule has 0 aliphatic carbocycles. The van der Waals surface area contributed by atoms with E-state index in [0.29, 0.717) is 23.7 Å². The molecule has 0 spiro atoms. The van der Waals surface area contributed by atoms with E-state index in [2.05, 4.69) is 15.4 Å². The van der Waals surface area contributed by atoms with Crippen LogP contribution in [0.15, 0.2) is 53.4 Å². The third kappa shape index (κ3) is 5.70. The van der Waals surface area contributed by atoms with Gasteiger partial charge in [0.15, 0.2) is 0 Å². The monoisotopic (exact) mass is 423 g/mol. The number of aryl methyl sites for hydroxylation is 1. The van der Waals surface area contributed by atoms with Crippen molar-refractivity contribution in [2.75, 3.05) is 24.4 Å². The minimum Gasteiger partial charge on any atom is -0.352 e. The third-order valence-electron chi connectivity index (χ3n) is 4.77. The molecule has 0 radical (unpaired) electrons. The number of carbonyl (C=O) groups is 1. The lowest BCUT2D eigenvalue weighted by molar-refractivity contribution is 0.0944. The Labute approximate surface area is 172 Å². The number of rotatable bonds is 6. The number of para-hydroxylation sites is 1. The molecule has 28 heavy (non-hydrogen) atoms. The zero-order valence-electron chi connectivity index (χ0n) is 15.8. The predicted octanol–water partition coefficient (Wildman–Crippen LogP) is 2.95. The standard InChI is InChI=1S/C20H25N3O3S.ClH/c1-15-5-2-3-7-19(15)23-27(25,26)18-10-8-17(9-11-18)20(24)22-14-16-6-4-12-21-13-16;/h2-3,5,7-11,16,21,23H,4,6,12-14H2,1H3,(H,22,24);1H. The lowest BCUT2D eigenvalue weighted by Gasteiger charge is -2.22. The van der Waals surface area contributed by atoms with Gasteiger partial charge >= 0.3 is 0 Å². The maximum absolute atomic E-state index is 12.5. The molecule has 3 N–H and O–H groups in total. The van der Waals surface area contributed by atoms with Crippen LogP contribution in [-0.4, -0.2) is 34.0 Å². The number of benzene rings is 2. The molecule has 1 unspecified atom stereocenters. The second kappa shape index (κ2) is 9.91. The molecule has 2 aromatic rings.